The summed E-state index contributed by atoms with van der Waals surface area (Å²) in [5.74, 6) is 0. The summed E-state index contributed by atoms with van der Waals surface area (Å²) in [7, 11) is 0. The second-order valence-corrected chi connectivity index (χ2v) is 3.62. The van der Waals surface area contributed by atoms with Crippen LogP contribution < -0.4 is 5.32 Å². The Morgan fingerprint density at radius 3 is 2.80 bits per heavy atom. The average molecular weight is 229 g/mol. The Hall–Kier alpha value is -1.13. The van der Waals surface area contributed by atoms with Gasteiger partial charge >= 0.3 is 0 Å². The van der Waals surface area contributed by atoms with Gasteiger partial charge in [-0.25, -0.2) is 0 Å². The van der Waals surface area contributed by atoms with Crippen molar-refractivity contribution in [1.29, 1.82) is 0 Å². The van der Waals surface area contributed by atoms with Crippen molar-refractivity contribution in [2.75, 3.05) is 6.54 Å². The minimum absolute atomic E-state index is 0.0271. The SMILES string of the molecule is CCCNCc1ccc([N+](=O)[O-])cc1Cl. The van der Waals surface area contributed by atoms with Crippen LogP contribution in [0.15, 0.2) is 18.2 Å². The number of hydrogen-bond acceptors (Lipinski definition) is 3. The van der Waals surface area contributed by atoms with Crippen LogP contribution in [0.25, 0.3) is 0 Å². The van der Waals surface area contributed by atoms with Crippen LogP contribution in [-0.4, -0.2) is 11.5 Å². The fourth-order valence-electron chi connectivity index (χ4n) is 1.19. The van der Waals surface area contributed by atoms with Crippen molar-refractivity contribution >= 4 is 17.3 Å². The van der Waals surface area contributed by atoms with Crippen LogP contribution in [0.3, 0.4) is 0 Å². The predicted molar refractivity (Wildman–Crippen MR) is 60.1 cm³/mol. The Morgan fingerprint density at radius 1 is 1.53 bits per heavy atom. The highest BCUT2D eigenvalue weighted by molar-refractivity contribution is 6.31. The maximum atomic E-state index is 10.5. The van der Waals surface area contributed by atoms with Gasteiger partial charge in [-0.3, -0.25) is 10.1 Å². The molecule has 0 aliphatic carbocycles. The maximum Gasteiger partial charge on any atom is 0.270 e. The van der Waals surface area contributed by atoms with E-state index in [1.54, 1.807) is 6.07 Å². The normalized spacial score (nSPS) is 10.3. The highest BCUT2D eigenvalue weighted by Crippen LogP contribution is 2.22. The number of halogens is 1. The molecular formula is C10H13ClN2O2. The van der Waals surface area contributed by atoms with E-state index in [1.165, 1.54) is 12.1 Å². The van der Waals surface area contributed by atoms with Gasteiger partial charge in [-0.15, -0.1) is 0 Å². The third kappa shape index (κ3) is 3.49. The number of benzene rings is 1. The molecule has 0 aliphatic rings. The van der Waals surface area contributed by atoms with E-state index < -0.39 is 4.92 Å². The van der Waals surface area contributed by atoms with Gasteiger partial charge < -0.3 is 5.32 Å². The molecule has 0 fully saturated rings. The second-order valence-electron chi connectivity index (χ2n) is 3.21. The van der Waals surface area contributed by atoms with Crippen LogP contribution in [-0.2, 0) is 6.54 Å². The molecule has 82 valence electrons. The number of hydrogen-bond donors (Lipinski definition) is 1. The van der Waals surface area contributed by atoms with E-state index in [0.29, 0.717) is 11.6 Å². The standard InChI is InChI=1S/C10H13ClN2O2/c1-2-5-12-7-8-3-4-9(13(14)15)6-10(8)11/h3-4,6,12H,2,5,7H2,1H3. The van der Waals surface area contributed by atoms with Gasteiger partial charge in [-0.1, -0.05) is 18.5 Å². The van der Waals surface area contributed by atoms with Gasteiger partial charge in [0.2, 0.25) is 0 Å². The van der Waals surface area contributed by atoms with E-state index in [4.69, 9.17) is 11.6 Å². The van der Waals surface area contributed by atoms with Gasteiger partial charge in [0, 0.05) is 18.7 Å². The first-order chi connectivity index (χ1) is 7.15. The smallest absolute Gasteiger partial charge is 0.270 e. The van der Waals surface area contributed by atoms with Crippen molar-refractivity contribution in [1.82, 2.24) is 5.32 Å². The highest BCUT2D eigenvalue weighted by Gasteiger charge is 2.08. The van der Waals surface area contributed by atoms with Crippen LogP contribution >= 0.6 is 11.6 Å². The Morgan fingerprint density at radius 2 is 2.27 bits per heavy atom. The molecule has 15 heavy (non-hydrogen) atoms. The minimum Gasteiger partial charge on any atom is -0.313 e. The maximum absolute atomic E-state index is 10.5. The van der Waals surface area contributed by atoms with Gasteiger partial charge in [-0.05, 0) is 24.6 Å². The molecule has 0 radical (unpaired) electrons. The molecule has 0 saturated heterocycles. The topological polar surface area (TPSA) is 55.2 Å². The zero-order valence-electron chi connectivity index (χ0n) is 8.50. The van der Waals surface area contributed by atoms with Gasteiger partial charge in [0.25, 0.3) is 5.69 Å². The van der Waals surface area contributed by atoms with Gasteiger partial charge in [-0.2, -0.15) is 0 Å². The number of rotatable bonds is 5. The molecule has 1 aromatic rings. The molecule has 0 spiro atoms. The summed E-state index contributed by atoms with van der Waals surface area (Å²) in [6.07, 6.45) is 1.05. The van der Waals surface area contributed by atoms with Crippen molar-refractivity contribution in [2.24, 2.45) is 0 Å². The van der Waals surface area contributed by atoms with Crippen LogP contribution in [0.2, 0.25) is 5.02 Å². The van der Waals surface area contributed by atoms with Crippen molar-refractivity contribution in [2.45, 2.75) is 19.9 Å². The molecule has 0 heterocycles. The molecule has 0 saturated carbocycles. The first-order valence-electron chi connectivity index (χ1n) is 4.78. The fraction of sp³-hybridized carbons (Fsp3) is 0.400. The van der Waals surface area contributed by atoms with Crippen molar-refractivity contribution in [3.63, 3.8) is 0 Å². The number of non-ortho nitro benzene ring substituents is 1. The lowest BCUT2D eigenvalue weighted by Crippen LogP contribution is -2.14. The van der Waals surface area contributed by atoms with Gasteiger partial charge in [0.1, 0.15) is 0 Å². The van der Waals surface area contributed by atoms with E-state index in [1.807, 2.05) is 0 Å². The largest absolute Gasteiger partial charge is 0.313 e. The van der Waals surface area contributed by atoms with E-state index in [-0.39, 0.29) is 5.69 Å². The third-order valence-electron chi connectivity index (χ3n) is 1.99. The molecule has 1 aromatic carbocycles. The van der Waals surface area contributed by atoms with Crippen molar-refractivity contribution in [3.05, 3.63) is 38.9 Å². The molecule has 0 aromatic heterocycles. The number of nitro groups is 1. The van der Waals surface area contributed by atoms with Crippen LogP contribution in [0, 0.1) is 10.1 Å². The molecule has 1 N–H and O–H groups in total. The summed E-state index contributed by atoms with van der Waals surface area (Å²) in [5.41, 5.74) is 0.912. The molecular weight excluding hydrogens is 216 g/mol. The first kappa shape index (κ1) is 11.9. The summed E-state index contributed by atoms with van der Waals surface area (Å²) >= 11 is 5.91. The van der Waals surface area contributed by atoms with Crippen LogP contribution in [0.1, 0.15) is 18.9 Å². The van der Waals surface area contributed by atoms with E-state index in [9.17, 15) is 10.1 Å². The average Bonchev–Trinajstić information content (AvgIpc) is 2.20. The third-order valence-corrected chi connectivity index (χ3v) is 2.34. The predicted octanol–water partition coefficient (Wildman–Crippen LogP) is 2.75. The molecule has 0 amide bonds. The summed E-state index contributed by atoms with van der Waals surface area (Å²) < 4.78 is 0. The lowest BCUT2D eigenvalue weighted by molar-refractivity contribution is -0.384. The summed E-state index contributed by atoms with van der Waals surface area (Å²) in [5, 5.41) is 14.1. The molecule has 1 rings (SSSR count). The summed E-state index contributed by atoms with van der Waals surface area (Å²) in [6, 6.07) is 4.53. The fourth-order valence-corrected chi connectivity index (χ4v) is 1.43. The Balaban J connectivity index is 2.70. The van der Waals surface area contributed by atoms with Crippen molar-refractivity contribution in [3.8, 4) is 0 Å². The Kier molecular flexibility index (Phi) is 4.52. The number of nitrogens with one attached hydrogen (secondary N) is 1. The Bertz CT molecular complexity index is 355. The Labute approximate surface area is 93.4 Å². The zero-order valence-corrected chi connectivity index (χ0v) is 9.25. The monoisotopic (exact) mass is 228 g/mol. The number of nitrogens with zero attached hydrogens (tertiary/aromatic N) is 1. The lowest BCUT2D eigenvalue weighted by atomic mass is 10.2. The molecule has 4 nitrogen and oxygen atoms in total. The summed E-state index contributed by atoms with van der Waals surface area (Å²) in [6.45, 7) is 3.63. The minimum atomic E-state index is -0.449. The molecule has 0 atom stereocenters. The molecule has 0 aliphatic heterocycles. The van der Waals surface area contributed by atoms with E-state index >= 15 is 0 Å². The van der Waals surface area contributed by atoms with Crippen LogP contribution in [0.5, 0.6) is 0 Å². The van der Waals surface area contributed by atoms with Gasteiger partial charge in [0.15, 0.2) is 0 Å². The second kappa shape index (κ2) is 5.68. The molecule has 0 bridgehead atoms. The van der Waals surface area contributed by atoms with Crippen molar-refractivity contribution < 1.29 is 4.92 Å². The van der Waals surface area contributed by atoms with Crippen LogP contribution in [0.4, 0.5) is 5.69 Å². The highest BCUT2D eigenvalue weighted by atomic mass is 35.5. The lowest BCUT2D eigenvalue weighted by Gasteiger charge is -2.05. The van der Waals surface area contributed by atoms with Gasteiger partial charge in [0.05, 0.1) is 9.95 Å². The van der Waals surface area contributed by atoms with E-state index in [0.717, 1.165) is 18.5 Å². The van der Waals surface area contributed by atoms with E-state index in [2.05, 4.69) is 12.2 Å². The quantitative estimate of drug-likeness (QED) is 0.479. The summed E-state index contributed by atoms with van der Waals surface area (Å²) in [4.78, 5) is 10.0. The first-order valence-corrected chi connectivity index (χ1v) is 5.16. The number of nitro benzene ring substituents is 1. The molecule has 5 heteroatoms. The molecule has 0 unspecified atom stereocenters. The zero-order chi connectivity index (χ0) is 11.3.